The fourth-order valence-corrected chi connectivity index (χ4v) is 3.94. The van der Waals surface area contributed by atoms with E-state index < -0.39 is 0 Å². The molecule has 4 rings (SSSR count). The lowest BCUT2D eigenvalue weighted by Crippen LogP contribution is -2.41. The third-order valence-corrected chi connectivity index (χ3v) is 4.86. The third-order valence-electron chi connectivity index (χ3n) is 4.86. The second-order valence-corrected chi connectivity index (χ2v) is 5.87. The van der Waals surface area contributed by atoms with Crippen molar-refractivity contribution in [3.05, 3.63) is 59.7 Å². The van der Waals surface area contributed by atoms with Crippen LogP contribution in [0.1, 0.15) is 36.8 Å². The van der Waals surface area contributed by atoms with Gasteiger partial charge in [-0.05, 0) is 43.0 Å². The zero-order valence-corrected chi connectivity index (χ0v) is 11.4. The van der Waals surface area contributed by atoms with E-state index in [0.717, 1.165) is 18.6 Å². The summed E-state index contributed by atoms with van der Waals surface area (Å²) in [6, 6.07) is 16.1. The zero-order valence-electron chi connectivity index (χ0n) is 11.4. The number of fused-ring (bicyclic) bond motifs is 3. The van der Waals surface area contributed by atoms with Gasteiger partial charge in [0, 0.05) is 5.56 Å². The van der Waals surface area contributed by atoms with Crippen molar-refractivity contribution < 1.29 is 9.84 Å². The van der Waals surface area contributed by atoms with Crippen molar-refractivity contribution in [2.45, 2.75) is 37.2 Å². The summed E-state index contributed by atoms with van der Waals surface area (Å²) < 4.78 is 6.24. The maximum absolute atomic E-state index is 9.56. The number of hydrogen-bond acceptors (Lipinski definition) is 2. The molecule has 1 aliphatic heterocycles. The van der Waals surface area contributed by atoms with Gasteiger partial charge in [-0.1, -0.05) is 36.8 Å². The number of phenols is 1. The van der Waals surface area contributed by atoms with Crippen molar-refractivity contribution in [2.75, 3.05) is 0 Å². The van der Waals surface area contributed by atoms with Crippen LogP contribution >= 0.6 is 0 Å². The number of aromatic hydroxyl groups is 1. The van der Waals surface area contributed by atoms with E-state index in [-0.39, 0.29) is 11.5 Å². The summed E-state index contributed by atoms with van der Waals surface area (Å²) in [6.45, 7) is 0. The van der Waals surface area contributed by atoms with Gasteiger partial charge in [0.25, 0.3) is 0 Å². The molecule has 1 saturated carbocycles. The van der Waals surface area contributed by atoms with Crippen LogP contribution < -0.4 is 4.74 Å². The normalized spacial score (nSPS) is 27.5. The predicted octanol–water partition coefficient (Wildman–Crippen LogP) is 4.01. The second kappa shape index (κ2) is 4.27. The number of para-hydroxylation sites is 1. The number of phenolic OH excluding ortho intramolecular Hbond substituents is 1. The van der Waals surface area contributed by atoms with E-state index in [4.69, 9.17) is 4.74 Å². The summed E-state index contributed by atoms with van der Waals surface area (Å²) in [5.41, 5.74) is 2.56. The molecule has 20 heavy (non-hydrogen) atoms. The highest BCUT2D eigenvalue weighted by atomic mass is 16.5. The molecule has 2 atom stereocenters. The summed E-state index contributed by atoms with van der Waals surface area (Å²) in [6.07, 6.45) is 4.93. The Hall–Kier alpha value is -1.96. The Morgan fingerprint density at radius 3 is 2.65 bits per heavy atom. The van der Waals surface area contributed by atoms with Crippen molar-refractivity contribution in [1.82, 2.24) is 0 Å². The molecule has 1 unspecified atom stereocenters. The summed E-state index contributed by atoms with van der Waals surface area (Å²) in [5.74, 6) is 1.36. The molecule has 1 aliphatic carbocycles. The first-order valence-electron chi connectivity index (χ1n) is 7.36. The summed E-state index contributed by atoms with van der Waals surface area (Å²) >= 11 is 0. The van der Waals surface area contributed by atoms with Gasteiger partial charge in [0.1, 0.15) is 17.6 Å². The molecule has 0 bridgehead atoms. The van der Waals surface area contributed by atoms with E-state index in [0.29, 0.717) is 5.75 Å². The van der Waals surface area contributed by atoms with Crippen molar-refractivity contribution in [3.8, 4) is 11.5 Å². The fourth-order valence-electron chi connectivity index (χ4n) is 3.94. The van der Waals surface area contributed by atoms with Crippen LogP contribution in [0.5, 0.6) is 11.5 Å². The first kappa shape index (κ1) is 11.8. The van der Waals surface area contributed by atoms with Gasteiger partial charge in [0.2, 0.25) is 0 Å². The van der Waals surface area contributed by atoms with E-state index in [1.54, 1.807) is 12.1 Å². The highest BCUT2D eigenvalue weighted by molar-refractivity contribution is 5.53. The van der Waals surface area contributed by atoms with Crippen LogP contribution in [0.25, 0.3) is 0 Å². The van der Waals surface area contributed by atoms with Crippen LogP contribution in [0.4, 0.5) is 0 Å². The lowest BCUT2D eigenvalue weighted by atomic mass is 9.64. The first-order chi connectivity index (χ1) is 9.80. The molecule has 1 heterocycles. The van der Waals surface area contributed by atoms with Gasteiger partial charge in [-0.3, -0.25) is 0 Å². The van der Waals surface area contributed by atoms with Gasteiger partial charge in [0.05, 0.1) is 5.41 Å². The largest absolute Gasteiger partial charge is 0.508 e. The molecular weight excluding hydrogens is 248 g/mol. The summed E-state index contributed by atoms with van der Waals surface area (Å²) in [4.78, 5) is 0. The van der Waals surface area contributed by atoms with Gasteiger partial charge in [-0.2, -0.15) is 0 Å². The molecule has 0 spiro atoms. The molecule has 1 fully saturated rings. The average Bonchev–Trinajstić information content (AvgIpc) is 2.83. The summed E-state index contributed by atoms with van der Waals surface area (Å²) in [7, 11) is 0. The minimum Gasteiger partial charge on any atom is -0.508 e. The number of benzene rings is 2. The van der Waals surface area contributed by atoms with Gasteiger partial charge in [-0.15, -0.1) is 0 Å². The van der Waals surface area contributed by atoms with E-state index in [1.807, 2.05) is 6.07 Å². The van der Waals surface area contributed by atoms with Crippen molar-refractivity contribution >= 4 is 0 Å². The number of rotatable bonds is 1. The Balaban J connectivity index is 1.92. The number of hydrogen-bond donors (Lipinski definition) is 1. The van der Waals surface area contributed by atoms with E-state index in [9.17, 15) is 5.11 Å². The molecular formula is C18H18O2. The first-order valence-corrected chi connectivity index (χ1v) is 7.36. The molecule has 102 valence electrons. The number of ether oxygens (including phenoxy) is 1. The quantitative estimate of drug-likeness (QED) is 0.845. The van der Waals surface area contributed by atoms with Gasteiger partial charge < -0.3 is 9.84 Å². The Bertz CT molecular complexity index is 632. The molecule has 2 nitrogen and oxygen atoms in total. The van der Waals surface area contributed by atoms with Gasteiger partial charge in [-0.25, -0.2) is 0 Å². The maximum Gasteiger partial charge on any atom is 0.124 e. The molecule has 2 heteroatoms. The van der Waals surface area contributed by atoms with Crippen LogP contribution in [0.2, 0.25) is 0 Å². The lowest BCUT2D eigenvalue weighted by molar-refractivity contribution is 0.123. The van der Waals surface area contributed by atoms with E-state index >= 15 is 0 Å². The molecule has 2 aromatic carbocycles. The fraction of sp³-hybridized carbons (Fsp3) is 0.333. The van der Waals surface area contributed by atoms with Gasteiger partial charge in [0.15, 0.2) is 0 Å². The van der Waals surface area contributed by atoms with Crippen LogP contribution in [0.15, 0.2) is 48.5 Å². The monoisotopic (exact) mass is 266 g/mol. The Morgan fingerprint density at radius 2 is 1.80 bits per heavy atom. The van der Waals surface area contributed by atoms with Crippen LogP contribution in [0, 0.1) is 0 Å². The van der Waals surface area contributed by atoms with Crippen LogP contribution in [-0.4, -0.2) is 11.2 Å². The molecule has 2 aliphatic rings. The second-order valence-electron chi connectivity index (χ2n) is 5.87. The Morgan fingerprint density at radius 1 is 1.00 bits per heavy atom. The predicted molar refractivity (Wildman–Crippen MR) is 78.2 cm³/mol. The van der Waals surface area contributed by atoms with Crippen molar-refractivity contribution in [1.29, 1.82) is 0 Å². The Kier molecular flexibility index (Phi) is 2.53. The minimum atomic E-state index is -0.0253. The maximum atomic E-state index is 9.56. The van der Waals surface area contributed by atoms with E-state index in [1.165, 1.54) is 24.0 Å². The molecule has 0 radical (unpaired) electrons. The third kappa shape index (κ3) is 1.51. The molecule has 0 saturated heterocycles. The highest BCUT2D eigenvalue weighted by Gasteiger charge is 2.50. The summed E-state index contributed by atoms with van der Waals surface area (Å²) in [5, 5.41) is 9.56. The Labute approximate surface area is 119 Å². The average molecular weight is 266 g/mol. The molecule has 0 amide bonds. The van der Waals surface area contributed by atoms with E-state index in [2.05, 4.69) is 30.3 Å². The zero-order chi connectivity index (χ0) is 13.6. The SMILES string of the molecule is Oc1ccc(C23CCCC[C@H]2Oc2ccccc23)cc1. The molecule has 1 N–H and O–H groups in total. The van der Waals surface area contributed by atoms with Crippen molar-refractivity contribution in [3.63, 3.8) is 0 Å². The molecule has 2 aromatic rings. The van der Waals surface area contributed by atoms with Crippen LogP contribution in [0.3, 0.4) is 0 Å². The minimum absolute atomic E-state index is 0.0253. The topological polar surface area (TPSA) is 29.5 Å². The molecule has 0 aromatic heterocycles. The van der Waals surface area contributed by atoms with Crippen LogP contribution in [-0.2, 0) is 5.41 Å². The highest BCUT2D eigenvalue weighted by Crippen LogP contribution is 2.53. The van der Waals surface area contributed by atoms with Gasteiger partial charge >= 0.3 is 0 Å². The lowest BCUT2D eigenvalue weighted by Gasteiger charge is -2.38. The standard InChI is InChI=1S/C18H18O2/c19-14-10-8-13(9-11-14)18-12-4-3-7-17(18)20-16-6-2-1-5-15(16)18/h1-2,5-6,8-11,17,19H,3-4,7,12H2/t17-,18?/m1/s1. The van der Waals surface area contributed by atoms with Crippen molar-refractivity contribution in [2.24, 2.45) is 0 Å². The smallest absolute Gasteiger partial charge is 0.124 e.